The first-order chi connectivity index (χ1) is 26.5. The number of benzene rings is 3. The van der Waals surface area contributed by atoms with Gasteiger partial charge < -0.3 is 25.2 Å². The number of carbonyl (C=O) groups is 2. The zero-order chi connectivity index (χ0) is 38.5. The number of rotatable bonds is 10. The Morgan fingerprint density at radius 2 is 1.58 bits per heavy atom. The van der Waals surface area contributed by atoms with Crippen molar-refractivity contribution < 1.29 is 14.3 Å². The first kappa shape index (κ1) is 37.0. The van der Waals surface area contributed by atoms with Crippen molar-refractivity contribution in [2.45, 2.75) is 46.6 Å². The molecule has 6 aromatic rings. The van der Waals surface area contributed by atoms with E-state index in [9.17, 15) is 9.59 Å². The third kappa shape index (κ3) is 8.73. The second kappa shape index (κ2) is 15.9. The van der Waals surface area contributed by atoms with Gasteiger partial charge in [-0.3, -0.25) is 10.1 Å². The van der Waals surface area contributed by atoms with Crippen LogP contribution < -0.4 is 20.7 Å². The van der Waals surface area contributed by atoms with Crippen LogP contribution in [0.4, 0.5) is 27.9 Å². The van der Waals surface area contributed by atoms with Crippen molar-refractivity contribution in [2.24, 2.45) is 0 Å². The van der Waals surface area contributed by atoms with Crippen molar-refractivity contribution in [3.05, 3.63) is 120 Å². The summed E-state index contributed by atoms with van der Waals surface area (Å²) in [6, 6.07) is 24.8. The van der Waals surface area contributed by atoms with E-state index < -0.39 is 0 Å². The predicted octanol–water partition coefficient (Wildman–Crippen LogP) is 7.56. The lowest BCUT2D eigenvalue weighted by molar-refractivity contribution is 0.0637. The van der Waals surface area contributed by atoms with Crippen LogP contribution >= 0.6 is 0 Å². The summed E-state index contributed by atoms with van der Waals surface area (Å²) < 4.78 is 8.08. The van der Waals surface area contributed by atoms with Crippen molar-refractivity contribution in [3.8, 4) is 11.4 Å². The topological polar surface area (TPSA) is 142 Å². The maximum atomic E-state index is 13.5. The Hall–Kier alpha value is -6.34. The van der Waals surface area contributed by atoms with Crippen LogP contribution in [0.1, 0.15) is 55.0 Å². The summed E-state index contributed by atoms with van der Waals surface area (Å²) in [7, 11) is 0. The largest absolute Gasteiger partial charge is 0.488 e. The molecule has 13 nitrogen and oxygen atoms in total. The first-order valence-corrected chi connectivity index (χ1v) is 18.5. The van der Waals surface area contributed by atoms with Gasteiger partial charge in [-0.05, 0) is 55.4 Å². The molecule has 3 aromatic carbocycles. The van der Waals surface area contributed by atoms with Crippen molar-refractivity contribution in [3.63, 3.8) is 0 Å². The van der Waals surface area contributed by atoms with Gasteiger partial charge in [0.25, 0.3) is 5.91 Å². The number of nitrogens with zero attached hydrogens (tertiary/aromatic N) is 7. The number of likely N-dealkylation sites (N-methyl/N-ethyl adjacent to an activating group) is 1. The number of hydrogen-bond donors (Lipinski definition) is 3. The summed E-state index contributed by atoms with van der Waals surface area (Å²) in [5.74, 6) is 2.17. The third-order valence-electron chi connectivity index (χ3n) is 9.58. The minimum Gasteiger partial charge on any atom is -0.488 e. The average molecular weight is 739 g/mol. The van der Waals surface area contributed by atoms with Crippen LogP contribution in [0.5, 0.6) is 5.75 Å². The normalized spacial score (nSPS) is 13.4. The fourth-order valence-electron chi connectivity index (χ4n) is 6.35. The van der Waals surface area contributed by atoms with Crippen LogP contribution in [-0.2, 0) is 12.0 Å². The molecule has 0 atom stereocenters. The molecule has 4 heterocycles. The standard InChI is InChI=1S/C42H46N10O3/c1-6-50-19-21-51(22-20-50)40(53)34-25-45-38(26-44-34)47-37-23-29(17-18-43-37)27-55-35-16-15-33(31-9-7-8-10-32(31)35)46-41(54)48-39-24-36(42(3,4)5)49-52(39)30-13-11-28(2)12-14-30/h7-18,23-26H,6,19-22,27H2,1-5H3,(H,43,45,47)(H2,46,48,54). The lowest BCUT2D eigenvalue weighted by atomic mass is 9.92. The Morgan fingerprint density at radius 1 is 0.818 bits per heavy atom. The molecule has 1 aliphatic rings. The fourth-order valence-corrected chi connectivity index (χ4v) is 6.35. The van der Waals surface area contributed by atoms with E-state index in [1.807, 2.05) is 90.7 Å². The minimum atomic E-state index is -0.388. The Morgan fingerprint density at radius 3 is 2.29 bits per heavy atom. The van der Waals surface area contributed by atoms with Crippen molar-refractivity contribution >= 4 is 45.9 Å². The SMILES string of the molecule is CCN1CCN(C(=O)c2cnc(Nc3cc(COc4ccc(NC(=O)Nc5cc(C(C)(C)C)nn5-c5ccc(C)cc5)c5ccccc45)ccn3)cn2)CC1. The van der Waals surface area contributed by atoms with Gasteiger partial charge in [0, 0.05) is 54.6 Å². The molecule has 1 aliphatic heterocycles. The fraction of sp³-hybridized carbons (Fsp3) is 0.286. The number of aryl methyl sites for hydroxylation is 1. The molecule has 0 bridgehead atoms. The Labute approximate surface area is 320 Å². The van der Waals surface area contributed by atoms with E-state index in [2.05, 4.69) is 63.5 Å². The zero-order valence-corrected chi connectivity index (χ0v) is 31.8. The molecule has 1 saturated heterocycles. The van der Waals surface area contributed by atoms with E-state index in [4.69, 9.17) is 9.84 Å². The summed E-state index contributed by atoms with van der Waals surface area (Å²) >= 11 is 0. The second-order valence-electron chi connectivity index (χ2n) is 14.6. The van der Waals surface area contributed by atoms with Crippen LogP contribution in [0, 0.1) is 6.92 Å². The summed E-state index contributed by atoms with van der Waals surface area (Å²) in [6.07, 6.45) is 4.74. The lowest BCUT2D eigenvalue weighted by Gasteiger charge is -2.33. The number of piperazine rings is 1. The Bertz CT molecular complexity index is 2290. The molecule has 0 unspecified atom stereocenters. The molecule has 0 saturated carbocycles. The van der Waals surface area contributed by atoms with Gasteiger partial charge in [-0.25, -0.2) is 24.4 Å². The first-order valence-electron chi connectivity index (χ1n) is 18.5. The van der Waals surface area contributed by atoms with Gasteiger partial charge >= 0.3 is 6.03 Å². The van der Waals surface area contributed by atoms with E-state index in [0.29, 0.717) is 47.7 Å². The highest BCUT2D eigenvalue weighted by atomic mass is 16.5. The Balaban J connectivity index is 1.00. The highest BCUT2D eigenvalue weighted by molar-refractivity contribution is 6.07. The molecule has 282 valence electrons. The number of amides is 3. The van der Waals surface area contributed by atoms with Gasteiger partial charge in [-0.1, -0.05) is 69.7 Å². The van der Waals surface area contributed by atoms with Crippen molar-refractivity contribution in [2.75, 3.05) is 48.7 Å². The zero-order valence-electron chi connectivity index (χ0n) is 31.8. The van der Waals surface area contributed by atoms with Crippen LogP contribution in [0.2, 0.25) is 0 Å². The molecule has 13 heteroatoms. The summed E-state index contributed by atoms with van der Waals surface area (Å²) in [6.45, 7) is 14.8. The van der Waals surface area contributed by atoms with E-state index >= 15 is 0 Å². The van der Waals surface area contributed by atoms with Crippen LogP contribution in [0.3, 0.4) is 0 Å². The van der Waals surface area contributed by atoms with E-state index in [-0.39, 0.29) is 24.0 Å². The summed E-state index contributed by atoms with van der Waals surface area (Å²) in [4.78, 5) is 43.8. The molecule has 1 fully saturated rings. The smallest absolute Gasteiger partial charge is 0.324 e. The second-order valence-corrected chi connectivity index (χ2v) is 14.6. The highest BCUT2D eigenvalue weighted by Crippen LogP contribution is 2.33. The number of urea groups is 1. The molecule has 0 radical (unpaired) electrons. The quantitative estimate of drug-likeness (QED) is 0.130. The van der Waals surface area contributed by atoms with Crippen LogP contribution in [0.15, 0.2) is 97.5 Å². The predicted molar refractivity (Wildman–Crippen MR) is 215 cm³/mol. The summed E-state index contributed by atoms with van der Waals surface area (Å²) in [5.41, 5.74) is 4.49. The van der Waals surface area contributed by atoms with Crippen LogP contribution in [0.25, 0.3) is 16.5 Å². The number of hydrogen-bond acceptors (Lipinski definition) is 9. The van der Waals surface area contributed by atoms with Crippen LogP contribution in [-0.4, -0.2) is 79.2 Å². The minimum absolute atomic E-state index is 0.108. The number of ether oxygens (including phenoxy) is 1. The van der Waals surface area contributed by atoms with Gasteiger partial charge in [-0.15, -0.1) is 0 Å². The molecular weight excluding hydrogens is 693 g/mol. The van der Waals surface area contributed by atoms with Crippen molar-refractivity contribution in [1.29, 1.82) is 0 Å². The highest BCUT2D eigenvalue weighted by Gasteiger charge is 2.24. The molecule has 3 aromatic heterocycles. The average Bonchev–Trinajstić information content (AvgIpc) is 3.62. The van der Waals surface area contributed by atoms with E-state index in [0.717, 1.165) is 52.9 Å². The molecular formula is C42H46N10O3. The maximum absolute atomic E-state index is 13.5. The summed E-state index contributed by atoms with van der Waals surface area (Å²) in [5, 5.41) is 15.7. The van der Waals surface area contributed by atoms with E-state index in [1.54, 1.807) is 17.1 Å². The monoisotopic (exact) mass is 738 g/mol. The molecule has 55 heavy (non-hydrogen) atoms. The molecule has 3 amide bonds. The van der Waals surface area contributed by atoms with Gasteiger partial charge in [0.2, 0.25) is 0 Å². The molecule has 0 spiro atoms. The number of pyridine rings is 1. The molecule has 0 aliphatic carbocycles. The number of fused-ring (bicyclic) bond motifs is 1. The number of nitrogens with one attached hydrogen (secondary N) is 3. The van der Waals surface area contributed by atoms with Gasteiger partial charge in [0.1, 0.15) is 35.5 Å². The molecule has 7 rings (SSSR count). The van der Waals surface area contributed by atoms with E-state index in [1.165, 1.54) is 6.20 Å². The Kier molecular flexibility index (Phi) is 10.7. The lowest BCUT2D eigenvalue weighted by Crippen LogP contribution is -2.48. The number of anilines is 4. The third-order valence-corrected chi connectivity index (χ3v) is 9.58. The number of aromatic nitrogens is 5. The maximum Gasteiger partial charge on any atom is 0.324 e. The van der Waals surface area contributed by atoms with Gasteiger partial charge in [-0.2, -0.15) is 5.10 Å². The van der Waals surface area contributed by atoms with Gasteiger partial charge in [0.05, 0.1) is 29.5 Å². The molecule has 3 N–H and O–H groups in total. The van der Waals surface area contributed by atoms with Gasteiger partial charge in [0.15, 0.2) is 0 Å². The van der Waals surface area contributed by atoms with Crippen molar-refractivity contribution in [1.82, 2.24) is 34.5 Å². The number of carbonyl (C=O) groups excluding carboxylic acids is 2.